The van der Waals surface area contributed by atoms with Gasteiger partial charge in [-0.05, 0) is 33.7 Å². The van der Waals surface area contributed by atoms with Gasteiger partial charge in [0, 0.05) is 26.2 Å². The van der Waals surface area contributed by atoms with Gasteiger partial charge in [0.25, 0.3) is 0 Å². The first-order valence-electron chi connectivity index (χ1n) is 7.48. The van der Waals surface area contributed by atoms with Crippen molar-refractivity contribution in [1.82, 2.24) is 15.1 Å². The lowest BCUT2D eigenvalue weighted by Gasteiger charge is -2.34. The van der Waals surface area contributed by atoms with Crippen LogP contribution in [0.1, 0.15) is 27.2 Å². The fraction of sp³-hybridized carbons (Fsp3) is 0.857. The summed E-state index contributed by atoms with van der Waals surface area (Å²) in [7, 11) is 0. The van der Waals surface area contributed by atoms with E-state index in [1.807, 2.05) is 0 Å². The van der Waals surface area contributed by atoms with Crippen molar-refractivity contribution in [2.45, 2.75) is 32.7 Å². The van der Waals surface area contributed by atoms with Crippen molar-refractivity contribution in [3.8, 4) is 0 Å². The summed E-state index contributed by atoms with van der Waals surface area (Å²) in [5, 5.41) is 12.0. The van der Waals surface area contributed by atoms with E-state index in [-0.39, 0.29) is 6.03 Å². The lowest BCUT2D eigenvalue weighted by molar-refractivity contribution is -0.147. The maximum atomic E-state index is 12.1. The van der Waals surface area contributed by atoms with Crippen molar-refractivity contribution < 1.29 is 19.4 Å². The summed E-state index contributed by atoms with van der Waals surface area (Å²) in [6, 6.07) is -0.327. The van der Waals surface area contributed by atoms with Gasteiger partial charge in [0.15, 0.2) is 0 Å². The zero-order chi connectivity index (χ0) is 15.9. The number of carboxylic acid groups (broad SMARTS) is 1. The van der Waals surface area contributed by atoms with Crippen molar-refractivity contribution in [1.29, 1.82) is 0 Å². The second-order valence-electron chi connectivity index (χ2n) is 5.65. The minimum atomic E-state index is -1.21. The van der Waals surface area contributed by atoms with Crippen LogP contribution in [0.5, 0.6) is 0 Å². The molecule has 0 spiro atoms. The summed E-state index contributed by atoms with van der Waals surface area (Å²) >= 11 is 0. The molecule has 0 aromatic carbocycles. The smallest absolute Gasteiger partial charge is 0.329 e. The molecule has 0 radical (unpaired) electrons. The minimum absolute atomic E-state index is 0.327. The molecular formula is C14H27N3O4. The van der Waals surface area contributed by atoms with Gasteiger partial charge in [0.2, 0.25) is 0 Å². The van der Waals surface area contributed by atoms with Gasteiger partial charge in [-0.15, -0.1) is 0 Å². The fourth-order valence-corrected chi connectivity index (χ4v) is 2.33. The topological polar surface area (TPSA) is 82.1 Å². The van der Waals surface area contributed by atoms with Crippen LogP contribution in [0.3, 0.4) is 0 Å². The van der Waals surface area contributed by atoms with Crippen LogP contribution in [-0.4, -0.2) is 78.4 Å². The number of carbonyl (C=O) groups excluding carboxylic acids is 1. The number of urea groups is 1. The Labute approximate surface area is 126 Å². The van der Waals surface area contributed by atoms with Crippen LogP contribution >= 0.6 is 0 Å². The minimum Gasteiger partial charge on any atom is -0.480 e. The summed E-state index contributed by atoms with van der Waals surface area (Å²) in [6.07, 6.45) is 0.844. The number of rotatable bonds is 7. The summed E-state index contributed by atoms with van der Waals surface area (Å²) in [6.45, 7) is 10.1. The van der Waals surface area contributed by atoms with E-state index < -0.39 is 11.5 Å². The Morgan fingerprint density at radius 1 is 1.33 bits per heavy atom. The van der Waals surface area contributed by atoms with Gasteiger partial charge >= 0.3 is 12.0 Å². The van der Waals surface area contributed by atoms with Crippen molar-refractivity contribution in [2.24, 2.45) is 0 Å². The van der Waals surface area contributed by atoms with Crippen LogP contribution in [-0.2, 0) is 9.53 Å². The average molecular weight is 301 g/mol. The summed E-state index contributed by atoms with van der Waals surface area (Å²) in [4.78, 5) is 27.0. The summed E-state index contributed by atoms with van der Waals surface area (Å²) in [5.74, 6) is -1.01. The maximum Gasteiger partial charge on any atom is 0.329 e. The third-order valence-corrected chi connectivity index (χ3v) is 3.79. The Balaban J connectivity index is 2.32. The molecule has 1 fully saturated rings. The van der Waals surface area contributed by atoms with Crippen molar-refractivity contribution >= 4 is 12.0 Å². The van der Waals surface area contributed by atoms with E-state index in [1.165, 1.54) is 18.7 Å². The molecule has 0 atom stereocenters. The Morgan fingerprint density at radius 2 is 1.95 bits per heavy atom. The second-order valence-corrected chi connectivity index (χ2v) is 5.65. The van der Waals surface area contributed by atoms with E-state index in [9.17, 15) is 14.7 Å². The number of hydrogen-bond acceptors (Lipinski definition) is 4. The highest BCUT2D eigenvalue weighted by molar-refractivity contribution is 5.85. The predicted octanol–water partition coefficient (Wildman–Crippen LogP) is 0.603. The van der Waals surface area contributed by atoms with Crippen LogP contribution in [0.2, 0.25) is 0 Å². The van der Waals surface area contributed by atoms with Gasteiger partial charge in [-0.25, -0.2) is 9.59 Å². The monoisotopic (exact) mass is 301 g/mol. The van der Waals surface area contributed by atoms with Crippen LogP contribution in [0.25, 0.3) is 0 Å². The molecule has 1 saturated heterocycles. The molecule has 1 heterocycles. The molecule has 0 unspecified atom stereocenters. The number of carboxylic acids is 1. The highest BCUT2D eigenvalue weighted by Gasteiger charge is 2.36. The first-order valence-corrected chi connectivity index (χ1v) is 7.48. The molecule has 0 aromatic heterocycles. The third-order valence-electron chi connectivity index (χ3n) is 3.79. The predicted molar refractivity (Wildman–Crippen MR) is 79.4 cm³/mol. The first kappa shape index (κ1) is 17.7. The molecule has 2 N–H and O–H groups in total. The van der Waals surface area contributed by atoms with Gasteiger partial charge in [-0.2, -0.15) is 0 Å². The van der Waals surface area contributed by atoms with E-state index in [0.717, 1.165) is 39.3 Å². The zero-order valence-corrected chi connectivity index (χ0v) is 13.2. The van der Waals surface area contributed by atoms with E-state index in [0.29, 0.717) is 13.1 Å². The summed E-state index contributed by atoms with van der Waals surface area (Å²) in [5.41, 5.74) is -1.21. The van der Waals surface area contributed by atoms with Gasteiger partial charge in [0.1, 0.15) is 5.54 Å². The molecule has 1 aliphatic rings. The van der Waals surface area contributed by atoms with Crippen molar-refractivity contribution in [3.05, 3.63) is 0 Å². The molecule has 1 aliphatic heterocycles. The fourth-order valence-electron chi connectivity index (χ4n) is 2.33. The Kier molecular flexibility index (Phi) is 6.91. The number of amides is 2. The third kappa shape index (κ3) is 5.17. The number of carbonyl (C=O) groups is 2. The number of likely N-dealkylation sites (N-methyl/N-ethyl adjacent to an activating group) is 1. The SMILES string of the molecule is CCN(C(=O)NCCCN1CCOCC1)C(C)(C)C(=O)O. The lowest BCUT2D eigenvalue weighted by Crippen LogP contribution is -2.56. The number of hydrogen-bond donors (Lipinski definition) is 2. The number of nitrogens with zero attached hydrogens (tertiary/aromatic N) is 2. The quantitative estimate of drug-likeness (QED) is 0.673. The van der Waals surface area contributed by atoms with E-state index in [2.05, 4.69) is 10.2 Å². The van der Waals surface area contributed by atoms with Gasteiger partial charge in [-0.1, -0.05) is 0 Å². The zero-order valence-electron chi connectivity index (χ0n) is 13.2. The molecule has 7 heteroatoms. The van der Waals surface area contributed by atoms with Crippen molar-refractivity contribution in [2.75, 3.05) is 45.9 Å². The number of morpholine rings is 1. The molecular weight excluding hydrogens is 274 g/mol. The van der Waals surface area contributed by atoms with Gasteiger partial charge < -0.3 is 20.1 Å². The molecule has 2 amide bonds. The molecule has 0 aliphatic carbocycles. The van der Waals surface area contributed by atoms with Gasteiger partial charge in [-0.3, -0.25) is 4.90 Å². The van der Waals surface area contributed by atoms with Crippen LogP contribution in [0.4, 0.5) is 4.79 Å². The Hall–Kier alpha value is -1.34. The van der Waals surface area contributed by atoms with E-state index >= 15 is 0 Å². The van der Waals surface area contributed by atoms with Crippen LogP contribution < -0.4 is 5.32 Å². The molecule has 122 valence electrons. The highest BCUT2D eigenvalue weighted by Crippen LogP contribution is 2.14. The molecule has 0 saturated carbocycles. The first-order chi connectivity index (χ1) is 9.89. The molecule has 21 heavy (non-hydrogen) atoms. The number of aliphatic carboxylic acids is 1. The molecule has 0 aromatic rings. The second kappa shape index (κ2) is 8.19. The van der Waals surface area contributed by atoms with Crippen LogP contribution in [0.15, 0.2) is 0 Å². The van der Waals surface area contributed by atoms with Crippen molar-refractivity contribution in [3.63, 3.8) is 0 Å². The lowest BCUT2D eigenvalue weighted by atomic mass is 10.0. The Bertz CT molecular complexity index is 354. The molecule has 1 rings (SSSR count). The molecule has 0 bridgehead atoms. The average Bonchev–Trinajstić information content (AvgIpc) is 2.45. The summed E-state index contributed by atoms with van der Waals surface area (Å²) < 4.78 is 5.28. The van der Waals surface area contributed by atoms with E-state index in [1.54, 1.807) is 6.92 Å². The normalized spacial score (nSPS) is 16.5. The maximum absolute atomic E-state index is 12.1. The number of nitrogens with one attached hydrogen (secondary N) is 1. The largest absolute Gasteiger partial charge is 0.480 e. The Morgan fingerprint density at radius 3 is 2.48 bits per heavy atom. The van der Waals surface area contributed by atoms with Crippen LogP contribution in [0, 0.1) is 0 Å². The standard InChI is InChI=1S/C14H27N3O4/c1-4-17(14(2,3)12(18)19)13(20)15-6-5-7-16-8-10-21-11-9-16/h4-11H2,1-3H3,(H,15,20)(H,18,19). The van der Waals surface area contributed by atoms with E-state index in [4.69, 9.17) is 4.74 Å². The highest BCUT2D eigenvalue weighted by atomic mass is 16.5. The number of ether oxygens (including phenoxy) is 1. The molecule has 7 nitrogen and oxygen atoms in total. The van der Waals surface area contributed by atoms with Gasteiger partial charge in [0.05, 0.1) is 13.2 Å².